The molecule has 0 radical (unpaired) electrons. The van der Waals surface area contributed by atoms with Crippen molar-refractivity contribution >= 4 is 9.58 Å². The molecule has 2 aromatic carbocycles. The largest absolute Gasteiger partial charge is 0.305 e. The van der Waals surface area contributed by atoms with E-state index in [9.17, 15) is 0 Å². The Balaban J connectivity index is 0.000000180. The van der Waals surface area contributed by atoms with Crippen LogP contribution in [0.2, 0.25) is 0 Å². The first-order valence-corrected chi connectivity index (χ1v) is 12.7. The van der Waals surface area contributed by atoms with E-state index >= 15 is 0 Å². The van der Waals surface area contributed by atoms with Gasteiger partial charge in [0.2, 0.25) is 0 Å². The smallest absolute Gasteiger partial charge is 0.0160 e. The predicted octanol–water partition coefficient (Wildman–Crippen LogP) is 5.71. The van der Waals surface area contributed by atoms with E-state index < -0.39 is 0 Å². The molecule has 0 fully saturated rings. The van der Waals surface area contributed by atoms with Crippen LogP contribution >= 0.6 is 9.58 Å². The quantitative estimate of drug-likeness (QED) is 0.244. The van der Waals surface area contributed by atoms with Gasteiger partial charge in [0.25, 0.3) is 0 Å². The fourth-order valence-electron chi connectivity index (χ4n) is 2.89. The molecular weight excluding hydrogens is 598 g/mol. The Hall–Kier alpha value is -3.05. The fourth-order valence-corrected chi connectivity index (χ4v) is 2.89. The number of benzene rings is 2. The number of pyridine rings is 1. The predicted molar refractivity (Wildman–Crippen MR) is 123 cm³/mol. The zero-order valence-corrected chi connectivity index (χ0v) is 20.8. The molecule has 0 unspecified atom stereocenters. The zero-order chi connectivity index (χ0) is 22.8. The van der Waals surface area contributed by atoms with E-state index in [1.165, 1.54) is 17.9 Å². The number of rotatable bonds is 3. The standard InChI is InChI=1S/C14H13N4.C11H8N.ClH.Ir/c1-11-6-8-17(15-11)13-4-3-5-14(10-13)18-9-7-12(2)16-18;1-2-6-10(7-3-1)11-8-4-5-9-12-11;;/h3-9H,1-2H3;1-6,8-9H;1H;/q2*-1;;+3/p-1. The first-order valence-electron chi connectivity index (χ1n) is 9.77. The maximum absolute atomic E-state index is 4.64. The Kier molecular flexibility index (Phi) is 8.93. The van der Waals surface area contributed by atoms with E-state index in [2.05, 4.69) is 36.9 Å². The van der Waals surface area contributed by atoms with Crippen molar-refractivity contribution < 1.29 is 17.9 Å². The minimum absolute atomic E-state index is 0.911. The molecule has 5 rings (SSSR count). The Bertz CT molecular complexity index is 1130. The summed E-state index contributed by atoms with van der Waals surface area (Å²) in [6, 6.07) is 30.0. The first kappa shape index (κ1) is 23.6. The summed E-state index contributed by atoms with van der Waals surface area (Å²) >= 11 is 1.47. The summed E-state index contributed by atoms with van der Waals surface area (Å²) < 4.78 is 3.63. The molecule has 32 heavy (non-hydrogen) atoms. The number of halogens is 1. The number of aromatic nitrogens is 5. The van der Waals surface area contributed by atoms with E-state index in [1.807, 2.05) is 108 Å². The topological polar surface area (TPSA) is 48.5 Å². The number of aryl methyl sites for hydroxylation is 2. The van der Waals surface area contributed by atoms with Gasteiger partial charge in [-0.05, 0) is 49.1 Å². The molecule has 0 aliphatic heterocycles. The molecule has 5 aromatic rings. The van der Waals surface area contributed by atoms with Gasteiger partial charge in [0, 0.05) is 18.6 Å². The van der Waals surface area contributed by atoms with Crippen LogP contribution in [0, 0.1) is 26.0 Å². The summed E-state index contributed by atoms with van der Waals surface area (Å²) in [5.74, 6) is 0. The molecule has 0 amide bonds. The molecule has 0 aliphatic carbocycles. The zero-order valence-electron chi connectivity index (χ0n) is 17.6. The molecule has 3 aromatic heterocycles. The molecule has 7 heteroatoms. The number of nitrogens with zero attached hydrogens (tertiary/aromatic N) is 5. The summed E-state index contributed by atoms with van der Waals surface area (Å²) in [6.07, 6.45) is 5.65. The van der Waals surface area contributed by atoms with Gasteiger partial charge in [-0.3, -0.25) is 9.36 Å². The van der Waals surface area contributed by atoms with Gasteiger partial charge < -0.3 is 4.98 Å². The third-order valence-corrected chi connectivity index (χ3v) is 4.35. The van der Waals surface area contributed by atoms with Gasteiger partial charge in [0.05, 0.1) is 11.4 Å². The monoisotopic (exact) mass is 619 g/mol. The van der Waals surface area contributed by atoms with Gasteiger partial charge in [-0.2, -0.15) is 16.3 Å². The maximum atomic E-state index is 4.64. The molecular formula is C25H21ClIrN5. The van der Waals surface area contributed by atoms with Crippen molar-refractivity contribution in [1.82, 2.24) is 24.5 Å². The second kappa shape index (κ2) is 12.1. The van der Waals surface area contributed by atoms with Crippen LogP contribution in [0.15, 0.2) is 91.4 Å². The maximum Gasteiger partial charge on any atom is 0.0160 e. The normalized spacial score (nSPS) is 9.88. The molecule has 162 valence electrons. The molecule has 3 heterocycles. The fraction of sp³-hybridized carbons (Fsp3) is 0.0800. The Morgan fingerprint density at radius 3 is 1.84 bits per heavy atom. The van der Waals surface area contributed by atoms with Crippen LogP contribution in [0.4, 0.5) is 0 Å². The summed E-state index contributed by atoms with van der Waals surface area (Å²) in [7, 11) is 4.64. The van der Waals surface area contributed by atoms with Crippen molar-refractivity contribution in [3.05, 3.63) is 115 Å². The molecule has 0 aliphatic rings. The van der Waals surface area contributed by atoms with Gasteiger partial charge in [0.1, 0.15) is 0 Å². The summed E-state index contributed by atoms with van der Waals surface area (Å²) in [6.45, 7) is 3.94. The van der Waals surface area contributed by atoms with Gasteiger partial charge in [0.15, 0.2) is 0 Å². The second-order valence-electron chi connectivity index (χ2n) is 6.72. The second-order valence-corrected chi connectivity index (χ2v) is 6.72. The third kappa shape index (κ3) is 6.47. The molecule has 0 saturated carbocycles. The number of hydrogen-bond acceptors (Lipinski definition) is 3. The van der Waals surface area contributed by atoms with Crippen molar-refractivity contribution in [2.45, 2.75) is 13.8 Å². The number of hydrogen-bond donors (Lipinski definition) is 0. The van der Waals surface area contributed by atoms with Crippen molar-refractivity contribution in [3.8, 4) is 22.6 Å². The molecule has 0 atom stereocenters. The average Bonchev–Trinajstić information content (AvgIpc) is 3.50. The van der Waals surface area contributed by atoms with Crippen molar-refractivity contribution in [3.63, 3.8) is 0 Å². The van der Waals surface area contributed by atoms with Crippen molar-refractivity contribution in [2.24, 2.45) is 0 Å². The van der Waals surface area contributed by atoms with E-state index in [1.54, 1.807) is 6.20 Å². The Morgan fingerprint density at radius 1 is 0.750 bits per heavy atom. The van der Waals surface area contributed by atoms with Crippen LogP contribution in [0.3, 0.4) is 0 Å². The van der Waals surface area contributed by atoms with Crippen LogP contribution in [0.25, 0.3) is 22.6 Å². The van der Waals surface area contributed by atoms with Crippen LogP contribution in [-0.2, 0) is 17.9 Å². The van der Waals surface area contributed by atoms with Gasteiger partial charge in [-0.15, -0.1) is 54.1 Å². The van der Waals surface area contributed by atoms with E-state index in [-0.39, 0.29) is 0 Å². The Morgan fingerprint density at radius 2 is 1.38 bits per heavy atom. The summed E-state index contributed by atoms with van der Waals surface area (Å²) in [4.78, 5) is 4.22. The van der Waals surface area contributed by atoms with Crippen LogP contribution in [0.5, 0.6) is 0 Å². The van der Waals surface area contributed by atoms with Crippen LogP contribution in [-0.4, -0.2) is 24.5 Å². The third-order valence-electron chi connectivity index (χ3n) is 4.35. The molecule has 0 N–H and O–H groups in total. The Labute approximate surface area is 202 Å². The van der Waals surface area contributed by atoms with Crippen LogP contribution in [0.1, 0.15) is 11.4 Å². The summed E-state index contributed by atoms with van der Waals surface area (Å²) in [5.41, 5.74) is 5.81. The van der Waals surface area contributed by atoms with Gasteiger partial charge >= 0.3 is 27.5 Å². The van der Waals surface area contributed by atoms with Crippen LogP contribution < -0.4 is 0 Å². The van der Waals surface area contributed by atoms with E-state index in [4.69, 9.17) is 0 Å². The first-order chi connectivity index (χ1) is 15.7. The SMILES string of the molecule is Cc1ccn(-c2[c-]c(-n3ccc(C)n3)ccc2)n1.[Cl][Ir+2].[c-]1ccccc1-c1ccccn1. The molecule has 0 saturated heterocycles. The van der Waals surface area contributed by atoms with Gasteiger partial charge in [-0.1, -0.05) is 12.1 Å². The molecule has 5 nitrogen and oxygen atoms in total. The minimum Gasteiger partial charge on any atom is -0.305 e. The van der Waals surface area contributed by atoms with Gasteiger partial charge in [-0.25, -0.2) is 0 Å². The minimum atomic E-state index is 0.911. The van der Waals surface area contributed by atoms with Crippen molar-refractivity contribution in [1.29, 1.82) is 0 Å². The average molecular weight is 619 g/mol. The molecule has 0 bridgehead atoms. The van der Waals surface area contributed by atoms with E-state index in [0.717, 1.165) is 34.0 Å². The van der Waals surface area contributed by atoms with Crippen molar-refractivity contribution in [2.75, 3.05) is 0 Å². The van der Waals surface area contributed by atoms with E-state index in [0.29, 0.717) is 0 Å². The molecule has 0 spiro atoms. The summed E-state index contributed by atoms with van der Waals surface area (Å²) in [5, 5.41) is 8.75.